The Bertz CT molecular complexity index is 565. The minimum Gasteiger partial charge on any atom is -0.326 e. The van der Waals surface area contributed by atoms with E-state index in [1.807, 2.05) is 18.4 Å². The minimum atomic E-state index is -0.516. The van der Waals surface area contributed by atoms with Crippen LogP contribution in [-0.2, 0) is 9.59 Å². The Hall–Kier alpha value is -1.24. The van der Waals surface area contributed by atoms with Gasteiger partial charge in [-0.2, -0.15) is 11.8 Å². The zero-order valence-electron chi connectivity index (χ0n) is 14.6. The molecule has 0 heterocycles. The summed E-state index contributed by atoms with van der Waals surface area (Å²) in [6, 6.07) is 6.72. The van der Waals surface area contributed by atoms with Crippen LogP contribution in [0.5, 0.6) is 0 Å². The van der Waals surface area contributed by atoms with Gasteiger partial charge in [-0.05, 0) is 49.5 Å². The van der Waals surface area contributed by atoms with Crippen LogP contribution in [0.2, 0.25) is 0 Å². The van der Waals surface area contributed by atoms with Gasteiger partial charge in [0.25, 0.3) is 0 Å². The molecular weight excluding hydrogens is 358 g/mol. The number of hydrogen-bond acceptors (Lipinski definition) is 4. The lowest BCUT2D eigenvalue weighted by molar-refractivity contribution is -0.120. The fourth-order valence-corrected chi connectivity index (χ4v) is 3.38. The van der Waals surface area contributed by atoms with E-state index in [4.69, 9.17) is 5.73 Å². The average molecular weight is 386 g/mol. The van der Waals surface area contributed by atoms with Crippen molar-refractivity contribution in [2.45, 2.75) is 44.6 Å². The first-order valence-electron chi connectivity index (χ1n) is 8.56. The summed E-state index contributed by atoms with van der Waals surface area (Å²) in [7, 11) is 0. The van der Waals surface area contributed by atoms with Gasteiger partial charge in [0.1, 0.15) is 0 Å². The fraction of sp³-hybridized carbons (Fsp3) is 0.556. The van der Waals surface area contributed by atoms with E-state index in [0.717, 1.165) is 31.4 Å². The molecular formula is C18H28ClN3O2S. The molecule has 0 unspecified atom stereocenters. The predicted octanol–water partition coefficient (Wildman–Crippen LogP) is 3.65. The van der Waals surface area contributed by atoms with Gasteiger partial charge in [0.15, 0.2) is 0 Å². The number of thioether (sulfide) groups is 1. The van der Waals surface area contributed by atoms with Crippen LogP contribution < -0.4 is 16.4 Å². The normalized spacial score (nSPS) is 15.8. The standard InChI is InChI=1S/C18H27N3O2S.ClH/c1-24-11-10-16(19)18(23)21-15-9-5-8-14(12-15)20-17(22)13-6-3-2-4-7-13;/h5,8-9,12-13,16H,2-4,6-7,10-11,19H2,1H3,(H,20,22)(H,21,23);1H/t16-;/m0./s1. The lowest BCUT2D eigenvalue weighted by Crippen LogP contribution is -2.36. The zero-order chi connectivity index (χ0) is 17.4. The first kappa shape index (κ1) is 21.8. The third kappa shape index (κ3) is 7.26. The van der Waals surface area contributed by atoms with E-state index in [1.165, 1.54) is 6.42 Å². The van der Waals surface area contributed by atoms with Gasteiger partial charge in [-0.3, -0.25) is 9.59 Å². The van der Waals surface area contributed by atoms with Crippen molar-refractivity contribution in [3.05, 3.63) is 24.3 Å². The molecule has 2 amide bonds. The Balaban J connectivity index is 0.00000312. The van der Waals surface area contributed by atoms with E-state index in [-0.39, 0.29) is 30.1 Å². The summed E-state index contributed by atoms with van der Waals surface area (Å²) in [4.78, 5) is 24.4. The molecule has 2 rings (SSSR count). The van der Waals surface area contributed by atoms with Gasteiger partial charge in [0.05, 0.1) is 6.04 Å². The first-order valence-corrected chi connectivity index (χ1v) is 9.96. The fourth-order valence-electron chi connectivity index (χ4n) is 2.89. The number of nitrogens with two attached hydrogens (primary N) is 1. The summed E-state index contributed by atoms with van der Waals surface area (Å²) in [5, 5.41) is 5.78. The number of carbonyl (C=O) groups is 2. The second-order valence-corrected chi connectivity index (χ2v) is 7.27. The van der Waals surface area contributed by atoms with E-state index >= 15 is 0 Å². The lowest BCUT2D eigenvalue weighted by Gasteiger charge is -2.21. The quantitative estimate of drug-likeness (QED) is 0.668. The van der Waals surface area contributed by atoms with Gasteiger partial charge in [0, 0.05) is 17.3 Å². The molecule has 1 fully saturated rings. The van der Waals surface area contributed by atoms with Gasteiger partial charge in [-0.1, -0.05) is 25.3 Å². The van der Waals surface area contributed by atoms with Crippen molar-refractivity contribution in [1.82, 2.24) is 0 Å². The highest BCUT2D eigenvalue weighted by Gasteiger charge is 2.21. The third-order valence-electron chi connectivity index (χ3n) is 4.34. The largest absolute Gasteiger partial charge is 0.326 e. The number of carbonyl (C=O) groups excluding carboxylic acids is 2. The van der Waals surface area contributed by atoms with Gasteiger partial charge in [0.2, 0.25) is 11.8 Å². The molecule has 1 atom stereocenters. The van der Waals surface area contributed by atoms with Crippen molar-refractivity contribution in [3.8, 4) is 0 Å². The maximum Gasteiger partial charge on any atom is 0.241 e. The number of nitrogens with one attached hydrogen (secondary N) is 2. The van der Waals surface area contributed by atoms with Crippen molar-refractivity contribution in [1.29, 1.82) is 0 Å². The molecule has 0 bridgehead atoms. The van der Waals surface area contributed by atoms with E-state index < -0.39 is 6.04 Å². The van der Waals surface area contributed by atoms with E-state index in [0.29, 0.717) is 17.8 Å². The minimum absolute atomic E-state index is 0. The number of hydrogen-bond donors (Lipinski definition) is 3. The van der Waals surface area contributed by atoms with E-state index in [9.17, 15) is 9.59 Å². The molecule has 1 aliphatic carbocycles. The van der Waals surface area contributed by atoms with Crippen molar-refractivity contribution < 1.29 is 9.59 Å². The van der Waals surface area contributed by atoms with Crippen LogP contribution in [0.15, 0.2) is 24.3 Å². The van der Waals surface area contributed by atoms with Gasteiger partial charge in [-0.25, -0.2) is 0 Å². The van der Waals surface area contributed by atoms with Crippen LogP contribution in [0.4, 0.5) is 11.4 Å². The number of rotatable bonds is 7. The highest BCUT2D eigenvalue weighted by Crippen LogP contribution is 2.25. The van der Waals surface area contributed by atoms with Crippen LogP contribution in [0.1, 0.15) is 38.5 Å². The Labute approximate surface area is 160 Å². The van der Waals surface area contributed by atoms with Crippen LogP contribution in [0.25, 0.3) is 0 Å². The molecule has 1 aromatic carbocycles. The Morgan fingerprint density at radius 1 is 1.20 bits per heavy atom. The molecule has 0 saturated heterocycles. The van der Waals surface area contributed by atoms with Crippen molar-refractivity contribution in [2.24, 2.45) is 11.7 Å². The second-order valence-electron chi connectivity index (χ2n) is 6.28. The Morgan fingerprint density at radius 3 is 2.48 bits per heavy atom. The highest BCUT2D eigenvalue weighted by atomic mass is 35.5. The highest BCUT2D eigenvalue weighted by molar-refractivity contribution is 7.98. The third-order valence-corrected chi connectivity index (χ3v) is 4.99. The van der Waals surface area contributed by atoms with E-state index in [2.05, 4.69) is 10.6 Å². The van der Waals surface area contributed by atoms with Gasteiger partial charge >= 0.3 is 0 Å². The molecule has 25 heavy (non-hydrogen) atoms. The molecule has 5 nitrogen and oxygen atoms in total. The molecule has 1 aromatic rings. The second kappa shape index (κ2) is 11.4. The Morgan fingerprint density at radius 2 is 1.84 bits per heavy atom. The summed E-state index contributed by atoms with van der Waals surface area (Å²) < 4.78 is 0. The van der Waals surface area contributed by atoms with Crippen molar-refractivity contribution in [3.63, 3.8) is 0 Å². The lowest BCUT2D eigenvalue weighted by atomic mass is 9.88. The predicted molar refractivity (Wildman–Crippen MR) is 108 cm³/mol. The molecule has 0 aliphatic heterocycles. The molecule has 0 spiro atoms. The van der Waals surface area contributed by atoms with Crippen LogP contribution in [0, 0.1) is 5.92 Å². The zero-order valence-corrected chi connectivity index (χ0v) is 16.3. The van der Waals surface area contributed by atoms with Gasteiger partial charge in [-0.15, -0.1) is 12.4 Å². The summed E-state index contributed by atoms with van der Waals surface area (Å²) in [6.45, 7) is 0. The van der Waals surface area contributed by atoms with Crippen LogP contribution in [-0.4, -0.2) is 29.9 Å². The maximum absolute atomic E-state index is 12.3. The topological polar surface area (TPSA) is 84.2 Å². The monoisotopic (exact) mass is 385 g/mol. The van der Waals surface area contributed by atoms with Crippen LogP contribution in [0.3, 0.4) is 0 Å². The molecule has 0 radical (unpaired) electrons. The SMILES string of the molecule is CSCC[C@H](N)C(=O)Nc1cccc(NC(=O)C2CCCCC2)c1.Cl. The molecule has 140 valence electrons. The van der Waals surface area contributed by atoms with Crippen molar-refractivity contribution in [2.75, 3.05) is 22.6 Å². The summed E-state index contributed by atoms with van der Waals surface area (Å²) in [6.07, 6.45) is 8.04. The molecule has 1 aliphatic rings. The number of amides is 2. The first-order chi connectivity index (χ1) is 11.6. The average Bonchev–Trinajstić information content (AvgIpc) is 2.60. The van der Waals surface area contributed by atoms with Crippen molar-refractivity contribution >= 4 is 47.4 Å². The number of halogens is 1. The van der Waals surface area contributed by atoms with Crippen LogP contribution >= 0.6 is 24.2 Å². The maximum atomic E-state index is 12.3. The molecule has 1 saturated carbocycles. The smallest absolute Gasteiger partial charge is 0.241 e. The molecule has 4 N–H and O–H groups in total. The number of benzene rings is 1. The van der Waals surface area contributed by atoms with Gasteiger partial charge < -0.3 is 16.4 Å². The molecule has 0 aromatic heterocycles. The summed E-state index contributed by atoms with van der Waals surface area (Å²) in [5.41, 5.74) is 7.24. The Kier molecular flexibility index (Phi) is 9.93. The summed E-state index contributed by atoms with van der Waals surface area (Å²) >= 11 is 1.67. The van der Waals surface area contributed by atoms with E-state index in [1.54, 1.807) is 23.9 Å². The number of anilines is 2. The summed E-state index contributed by atoms with van der Waals surface area (Å²) in [5.74, 6) is 0.845. The molecule has 7 heteroatoms.